The second-order valence-corrected chi connectivity index (χ2v) is 5.83. The van der Waals surface area contributed by atoms with Gasteiger partial charge >= 0.3 is 5.69 Å². The van der Waals surface area contributed by atoms with Crippen LogP contribution in [0.2, 0.25) is 0 Å². The van der Waals surface area contributed by atoms with Gasteiger partial charge in [0.1, 0.15) is 11.6 Å². The maximum absolute atomic E-state index is 11.8. The monoisotopic (exact) mass is 301 g/mol. The molecule has 2 heterocycles. The van der Waals surface area contributed by atoms with Crippen LogP contribution in [0.1, 0.15) is 50.4 Å². The van der Waals surface area contributed by atoms with Crippen LogP contribution in [-0.4, -0.2) is 21.4 Å². The van der Waals surface area contributed by atoms with Gasteiger partial charge in [0, 0.05) is 6.42 Å². The van der Waals surface area contributed by atoms with Gasteiger partial charge in [-0.15, -0.1) is 0 Å². The predicted molar refractivity (Wildman–Crippen MR) is 85.8 cm³/mol. The number of unbranched alkanes of at least 4 members (excludes halogenated alkanes) is 4. The third-order valence-corrected chi connectivity index (χ3v) is 4.17. The number of fused-ring (bicyclic) bond motifs is 3. The standard InChI is InChI=1S/C17H23N3O2/c1-2-3-4-5-6-11-22-14-8-9-15-13(12-14)7-10-16-18-19-17(21)20(15)16/h8-9,12H,2-7,10-11H2,1H3,(H,19,21). The summed E-state index contributed by atoms with van der Waals surface area (Å²) in [4.78, 5) is 11.8. The van der Waals surface area contributed by atoms with E-state index in [4.69, 9.17) is 4.74 Å². The minimum Gasteiger partial charge on any atom is -0.494 e. The van der Waals surface area contributed by atoms with Gasteiger partial charge in [-0.1, -0.05) is 32.6 Å². The first kappa shape index (κ1) is 14.9. The number of H-pyrrole nitrogens is 1. The number of hydrogen-bond acceptors (Lipinski definition) is 3. The van der Waals surface area contributed by atoms with Crippen molar-refractivity contribution in [3.8, 4) is 11.4 Å². The molecule has 1 aromatic heterocycles. The highest BCUT2D eigenvalue weighted by Gasteiger charge is 2.19. The molecule has 0 saturated carbocycles. The molecular weight excluding hydrogens is 278 g/mol. The van der Waals surface area contributed by atoms with Gasteiger partial charge < -0.3 is 4.74 Å². The van der Waals surface area contributed by atoms with Gasteiger partial charge in [-0.25, -0.2) is 14.5 Å². The van der Waals surface area contributed by atoms with Crippen LogP contribution < -0.4 is 10.4 Å². The summed E-state index contributed by atoms with van der Waals surface area (Å²) in [6.45, 7) is 2.99. The summed E-state index contributed by atoms with van der Waals surface area (Å²) in [5.41, 5.74) is 1.91. The average molecular weight is 301 g/mol. The molecule has 5 heteroatoms. The fourth-order valence-corrected chi connectivity index (χ4v) is 2.96. The molecule has 2 aromatic rings. The summed E-state index contributed by atoms with van der Waals surface area (Å²) >= 11 is 0. The van der Waals surface area contributed by atoms with Crippen LogP contribution in [0.5, 0.6) is 5.75 Å². The van der Waals surface area contributed by atoms with Crippen LogP contribution in [0.15, 0.2) is 23.0 Å². The van der Waals surface area contributed by atoms with Crippen LogP contribution >= 0.6 is 0 Å². The Hall–Kier alpha value is -2.04. The van der Waals surface area contributed by atoms with E-state index in [-0.39, 0.29) is 5.69 Å². The second kappa shape index (κ2) is 6.81. The zero-order valence-electron chi connectivity index (χ0n) is 13.1. The summed E-state index contributed by atoms with van der Waals surface area (Å²) in [6, 6.07) is 5.96. The van der Waals surface area contributed by atoms with E-state index >= 15 is 0 Å². The zero-order valence-corrected chi connectivity index (χ0v) is 13.1. The maximum Gasteiger partial charge on any atom is 0.347 e. The van der Waals surface area contributed by atoms with Gasteiger partial charge in [0.25, 0.3) is 0 Å². The molecule has 0 unspecified atom stereocenters. The molecule has 0 spiro atoms. The van der Waals surface area contributed by atoms with Gasteiger partial charge in [0.05, 0.1) is 12.3 Å². The van der Waals surface area contributed by atoms with Crippen molar-refractivity contribution >= 4 is 0 Å². The lowest BCUT2D eigenvalue weighted by Gasteiger charge is -2.18. The highest BCUT2D eigenvalue weighted by Crippen LogP contribution is 2.26. The van der Waals surface area contributed by atoms with E-state index in [1.54, 1.807) is 4.57 Å². The Bertz CT molecular complexity index is 687. The summed E-state index contributed by atoms with van der Waals surface area (Å²) < 4.78 is 7.50. The Morgan fingerprint density at radius 3 is 2.95 bits per heavy atom. The SMILES string of the molecule is CCCCCCCOc1ccc2c(c1)CCc1n[nH]c(=O)n1-2. The summed E-state index contributed by atoms with van der Waals surface area (Å²) in [5, 5.41) is 6.58. The number of nitrogens with zero attached hydrogens (tertiary/aromatic N) is 2. The Kier molecular flexibility index (Phi) is 4.61. The van der Waals surface area contributed by atoms with Crippen molar-refractivity contribution < 1.29 is 4.74 Å². The van der Waals surface area contributed by atoms with Crippen molar-refractivity contribution in [1.82, 2.24) is 14.8 Å². The van der Waals surface area contributed by atoms with E-state index < -0.39 is 0 Å². The van der Waals surface area contributed by atoms with Crippen molar-refractivity contribution in [1.29, 1.82) is 0 Å². The van der Waals surface area contributed by atoms with Crippen LogP contribution in [0.25, 0.3) is 5.69 Å². The molecule has 1 N–H and O–H groups in total. The normalized spacial score (nSPS) is 12.8. The Balaban J connectivity index is 1.63. The fourth-order valence-electron chi connectivity index (χ4n) is 2.96. The van der Waals surface area contributed by atoms with Gasteiger partial charge in [-0.05, 0) is 36.6 Å². The van der Waals surface area contributed by atoms with E-state index in [1.807, 2.05) is 12.1 Å². The molecule has 0 fully saturated rings. The molecule has 5 nitrogen and oxygen atoms in total. The first-order valence-electron chi connectivity index (χ1n) is 8.22. The first-order valence-corrected chi connectivity index (χ1v) is 8.22. The van der Waals surface area contributed by atoms with E-state index in [2.05, 4.69) is 23.2 Å². The summed E-state index contributed by atoms with van der Waals surface area (Å²) in [7, 11) is 0. The second-order valence-electron chi connectivity index (χ2n) is 5.83. The molecule has 1 aromatic carbocycles. The lowest BCUT2D eigenvalue weighted by molar-refractivity contribution is 0.304. The number of aromatic amines is 1. The van der Waals surface area contributed by atoms with Gasteiger partial charge in [0.15, 0.2) is 0 Å². The molecule has 0 radical (unpaired) electrons. The van der Waals surface area contributed by atoms with E-state index in [9.17, 15) is 4.79 Å². The highest BCUT2D eigenvalue weighted by atomic mass is 16.5. The summed E-state index contributed by atoms with van der Waals surface area (Å²) in [6.07, 6.45) is 7.87. The van der Waals surface area contributed by atoms with Crippen LogP contribution in [0, 0.1) is 0 Å². The number of nitrogens with one attached hydrogen (secondary N) is 1. The highest BCUT2D eigenvalue weighted by molar-refractivity contribution is 5.48. The van der Waals surface area contributed by atoms with Crippen molar-refractivity contribution in [3.63, 3.8) is 0 Å². The van der Waals surface area contributed by atoms with Gasteiger partial charge in [0.2, 0.25) is 0 Å². The quantitative estimate of drug-likeness (QED) is 0.800. The lowest BCUT2D eigenvalue weighted by atomic mass is 10.0. The maximum atomic E-state index is 11.8. The Morgan fingerprint density at radius 1 is 1.23 bits per heavy atom. The number of ether oxygens (including phenoxy) is 1. The number of hydrogen-bond donors (Lipinski definition) is 1. The van der Waals surface area contributed by atoms with Crippen molar-refractivity contribution in [2.45, 2.75) is 51.9 Å². The molecule has 0 bridgehead atoms. The minimum absolute atomic E-state index is 0.166. The van der Waals surface area contributed by atoms with Crippen molar-refractivity contribution in [2.75, 3.05) is 6.61 Å². The number of rotatable bonds is 7. The van der Waals surface area contributed by atoms with Crippen LogP contribution in [0.4, 0.5) is 0 Å². The molecular formula is C17H23N3O2. The molecule has 118 valence electrons. The molecule has 22 heavy (non-hydrogen) atoms. The van der Waals surface area contributed by atoms with Crippen LogP contribution in [0.3, 0.4) is 0 Å². The average Bonchev–Trinajstić information content (AvgIpc) is 2.92. The first-order chi connectivity index (χ1) is 10.8. The molecule has 1 aliphatic rings. The molecule has 3 rings (SSSR count). The van der Waals surface area contributed by atoms with E-state index in [0.29, 0.717) is 0 Å². The van der Waals surface area contributed by atoms with Crippen molar-refractivity contribution in [3.05, 3.63) is 40.1 Å². The van der Waals surface area contributed by atoms with E-state index in [1.165, 1.54) is 25.7 Å². The topological polar surface area (TPSA) is 59.9 Å². The van der Waals surface area contributed by atoms with Gasteiger partial charge in [-0.3, -0.25) is 0 Å². The third kappa shape index (κ3) is 3.08. The number of aromatic nitrogens is 3. The molecule has 0 atom stereocenters. The predicted octanol–water partition coefficient (Wildman–Crippen LogP) is 3.01. The van der Waals surface area contributed by atoms with Crippen molar-refractivity contribution in [2.24, 2.45) is 0 Å². The molecule has 1 aliphatic heterocycles. The Morgan fingerprint density at radius 2 is 2.09 bits per heavy atom. The Labute approximate surface area is 130 Å². The molecule has 0 amide bonds. The lowest BCUT2D eigenvalue weighted by Crippen LogP contribution is -2.22. The fraction of sp³-hybridized carbons (Fsp3) is 0.529. The number of benzene rings is 1. The van der Waals surface area contributed by atoms with Crippen LogP contribution in [-0.2, 0) is 12.8 Å². The number of aryl methyl sites for hydroxylation is 2. The minimum atomic E-state index is -0.166. The van der Waals surface area contributed by atoms with E-state index in [0.717, 1.165) is 48.7 Å². The summed E-state index contributed by atoms with van der Waals surface area (Å²) in [5.74, 6) is 1.70. The third-order valence-electron chi connectivity index (χ3n) is 4.17. The largest absolute Gasteiger partial charge is 0.494 e. The molecule has 0 saturated heterocycles. The zero-order chi connectivity index (χ0) is 15.4. The molecule has 0 aliphatic carbocycles. The smallest absolute Gasteiger partial charge is 0.347 e. The van der Waals surface area contributed by atoms with Gasteiger partial charge in [-0.2, -0.15) is 5.10 Å².